The summed E-state index contributed by atoms with van der Waals surface area (Å²) in [5.74, 6) is -0.285. The molecule has 0 heterocycles. The molecule has 1 aromatic rings. The minimum Gasteiger partial charge on any atom is -0.459 e. The lowest BCUT2D eigenvalue weighted by Gasteiger charge is -2.28. The first-order valence-corrected chi connectivity index (χ1v) is 8.49. The molecule has 25 heavy (non-hydrogen) atoms. The van der Waals surface area contributed by atoms with Crippen molar-refractivity contribution in [1.29, 1.82) is 0 Å². The molecule has 1 unspecified atom stereocenters. The van der Waals surface area contributed by atoms with Crippen LogP contribution >= 0.6 is 0 Å². The van der Waals surface area contributed by atoms with Gasteiger partial charge in [0.15, 0.2) is 0 Å². The molecule has 0 aliphatic carbocycles. The van der Waals surface area contributed by atoms with E-state index >= 15 is 0 Å². The highest BCUT2D eigenvalue weighted by atomic mass is 16.6. The van der Waals surface area contributed by atoms with Gasteiger partial charge in [0.25, 0.3) is 0 Å². The van der Waals surface area contributed by atoms with Gasteiger partial charge in [-0.2, -0.15) is 0 Å². The molecule has 5 heteroatoms. The summed E-state index contributed by atoms with van der Waals surface area (Å²) in [6.45, 7) is 11.5. The van der Waals surface area contributed by atoms with Crippen LogP contribution in [0.4, 0.5) is 4.79 Å². The SMILES string of the molecule is C=CCC(C)CN(CC(=O)OCc1ccccc1)C(=O)OC(C)(C)C. The number of carbonyl (C=O) groups is 2. The minimum absolute atomic E-state index is 0.136. The Morgan fingerprint density at radius 1 is 1.24 bits per heavy atom. The van der Waals surface area contributed by atoms with Crippen LogP contribution in [0.1, 0.15) is 39.7 Å². The van der Waals surface area contributed by atoms with Gasteiger partial charge in [-0.1, -0.05) is 43.3 Å². The number of ether oxygens (including phenoxy) is 2. The Morgan fingerprint density at radius 3 is 2.44 bits per heavy atom. The third-order valence-electron chi connectivity index (χ3n) is 3.32. The minimum atomic E-state index is -0.620. The zero-order chi connectivity index (χ0) is 18.9. The fourth-order valence-corrected chi connectivity index (χ4v) is 2.20. The second-order valence-electron chi connectivity index (χ2n) is 7.14. The number of hydrogen-bond acceptors (Lipinski definition) is 4. The van der Waals surface area contributed by atoms with E-state index in [1.165, 1.54) is 4.90 Å². The van der Waals surface area contributed by atoms with Crippen molar-refractivity contribution in [1.82, 2.24) is 4.90 Å². The van der Waals surface area contributed by atoms with Crippen molar-refractivity contribution in [3.05, 3.63) is 48.6 Å². The molecule has 1 rings (SSSR count). The molecule has 138 valence electrons. The number of hydrogen-bond donors (Lipinski definition) is 0. The van der Waals surface area contributed by atoms with Crippen molar-refractivity contribution < 1.29 is 19.1 Å². The van der Waals surface area contributed by atoms with Gasteiger partial charge in [-0.3, -0.25) is 9.69 Å². The fraction of sp³-hybridized carbons (Fsp3) is 0.500. The van der Waals surface area contributed by atoms with E-state index in [-0.39, 0.29) is 19.1 Å². The predicted octanol–water partition coefficient (Wildman–Crippen LogP) is 4.18. The second-order valence-corrected chi connectivity index (χ2v) is 7.14. The van der Waals surface area contributed by atoms with E-state index in [0.717, 1.165) is 12.0 Å². The zero-order valence-electron chi connectivity index (χ0n) is 15.7. The number of benzene rings is 1. The molecule has 5 nitrogen and oxygen atoms in total. The van der Waals surface area contributed by atoms with Crippen LogP contribution in [-0.2, 0) is 20.9 Å². The Labute approximate surface area is 150 Å². The average Bonchev–Trinajstić information content (AvgIpc) is 2.52. The largest absolute Gasteiger partial charge is 0.459 e. The molecule has 0 fully saturated rings. The molecule has 0 saturated carbocycles. The number of allylic oxidation sites excluding steroid dienone is 1. The van der Waals surface area contributed by atoms with E-state index in [2.05, 4.69) is 6.58 Å². The first-order chi connectivity index (χ1) is 11.7. The predicted molar refractivity (Wildman–Crippen MR) is 98.0 cm³/mol. The quantitative estimate of drug-likeness (QED) is 0.523. The van der Waals surface area contributed by atoms with Crippen LogP contribution in [0.25, 0.3) is 0 Å². The van der Waals surface area contributed by atoms with Crippen molar-refractivity contribution in [2.24, 2.45) is 5.92 Å². The van der Waals surface area contributed by atoms with Crippen LogP contribution in [0.3, 0.4) is 0 Å². The monoisotopic (exact) mass is 347 g/mol. The van der Waals surface area contributed by atoms with Crippen molar-refractivity contribution in [3.63, 3.8) is 0 Å². The van der Waals surface area contributed by atoms with E-state index in [9.17, 15) is 9.59 Å². The summed E-state index contributed by atoms with van der Waals surface area (Å²) in [7, 11) is 0. The highest BCUT2D eigenvalue weighted by Gasteiger charge is 2.25. The topological polar surface area (TPSA) is 55.8 Å². The molecule has 0 N–H and O–H groups in total. The van der Waals surface area contributed by atoms with E-state index < -0.39 is 17.7 Å². The first-order valence-electron chi connectivity index (χ1n) is 8.49. The van der Waals surface area contributed by atoms with Crippen LogP contribution in [-0.4, -0.2) is 35.7 Å². The Hall–Kier alpha value is -2.30. The van der Waals surface area contributed by atoms with E-state index in [4.69, 9.17) is 9.47 Å². The van der Waals surface area contributed by atoms with Crippen LogP contribution < -0.4 is 0 Å². The number of amides is 1. The second kappa shape index (κ2) is 9.87. The molecule has 0 aromatic heterocycles. The summed E-state index contributed by atoms with van der Waals surface area (Å²) < 4.78 is 10.7. The molecule has 0 radical (unpaired) electrons. The standard InChI is InChI=1S/C20H29NO4/c1-6-10-16(2)13-21(19(23)25-20(3,4)5)14-18(22)24-15-17-11-8-7-9-12-17/h6-9,11-12,16H,1,10,13-15H2,2-5H3. The van der Waals surface area contributed by atoms with Gasteiger partial charge < -0.3 is 9.47 Å². The number of rotatable bonds is 8. The molecular weight excluding hydrogens is 318 g/mol. The summed E-state index contributed by atoms with van der Waals surface area (Å²) in [6.07, 6.45) is 2.03. The highest BCUT2D eigenvalue weighted by molar-refractivity contribution is 5.78. The van der Waals surface area contributed by atoms with Gasteiger partial charge in [0.1, 0.15) is 18.8 Å². The molecule has 0 aliphatic rings. The van der Waals surface area contributed by atoms with Gasteiger partial charge in [-0.25, -0.2) is 4.79 Å². The lowest BCUT2D eigenvalue weighted by atomic mass is 10.1. The lowest BCUT2D eigenvalue weighted by molar-refractivity contribution is -0.146. The summed E-state index contributed by atoms with van der Waals surface area (Å²) in [5.41, 5.74) is 0.282. The van der Waals surface area contributed by atoms with E-state index in [0.29, 0.717) is 6.54 Å². The third-order valence-corrected chi connectivity index (χ3v) is 3.32. The van der Waals surface area contributed by atoms with Crippen molar-refractivity contribution in [2.45, 2.75) is 46.3 Å². The number of nitrogens with zero attached hydrogens (tertiary/aromatic N) is 1. The smallest absolute Gasteiger partial charge is 0.410 e. The van der Waals surface area contributed by atoms with E-state index in [1.807, 2.05) is 37.3 Å². The van der Waals surface area contributed by atoms with Crippen LogP contribution in [0.5, 0.6) is 0 Å². The number of carbonyl (C=O) groups excluding carboxylic acids is 2. The molecule has 0 bridgehead atoms. The number of esters is 1. The van der Waals surface area contributed by atoms with Gasteiger partial charge in [0, 0.05) is 6.54 Å². The summed E-state index contributed by atoms with van der Waals surface area (Å²) in [4.78, 5) is 25.9. The van der Waals surface area contributed by atoms with E-state index in [1.54, 1.807) is 26.8 Å². The molecule has 0 spiro atoms. The van der Waals surface area contributed by atoms with Crippen LogP contribution in [0.15, 0.2) is 43.0 Å². The van der Waals surface area contributed by atoms with Crippen molar-refractivity contribution in [3.8, 4) is 0 Å². The average molecular weight is 347 g/mol. The molecule has 1 amide bonds. The highest BCUT2D eigenvalue weighted by Crippen LogP contribution is 2.13. The van der Waals surface area contributed by atoms with Gasteiger partial charge in [0.2, 0.25) is 0 Å². The summed E-state index contributed by atoms with van der Waals surface area (Å²) in [6, 6.07) is 9.42. The molecule has 0 saturated heterocycles. The summed E-state index contributed by atoms with van der Waals surface area (Å²) in [5, 5.41) is 0. The molecular formula is C20H29NO4. The van der Waals surface area contributed by atoms with Crippen LogP contribution in [0.2, 0.25) is 0 Å². The van der Waals surface area contributed by atoms with Crippen molar-refractivity contribution in [2.75, 3.05) is 13.1 Å². The van der Waals surface area contributed by atoms with Crippen molar-refractivity contribution >= 4 is 12.1 Å². The maximum Gasteiger partial charge on any atom is 0.410 e. The Morgan fingerprint density at radius 2 is 1.88 bits per heavy atom. The normalized spacial score (nSPS) is 12.2. The van der Waals surface area contributed by atoms with Gasteiger partial charge in [-0.15, -0.1) is 6.58 Å². The van der Waals surface area contributed by atoms with Crippen LogP contribution in [0, 0.1) is 5.92 Å². The first kappa shape index (κ1) is 20.7. The zero-order valence-corrected chi connectivity index (χ0v) is 15.7. The summed E-state index contributed by atoms with van der Waals surface area (Å²) >= 11 is 0. The molecule has 1 aromatic carbocycles. The van der Waals surface area contributed by atoms with Gasteiger partial charge >= 0.3 is 12.1 Å². The lowest BCUT2D eigenvalue weighted by Crippen LogP contribution is -2.42. The van der Waals surface area contributed by atoms with Gasteiger partial charge in [0.05, 0.1) is 0 Å². The third kappa shape index (κ3) is 8.94. The molecule has 1 atom stereocenters. The van der Waals surface area contributed by atoms with Gasteiger partial charge in [-0.05, 0) is 38.7 Å². The maximum atomic E-state index is 12.4. The Bertz CT molecular complexity index is 563. The fourth-order valence-electron chi connectivity index (χ4n) is 2.20. The Kier molecular flexibility index (Phi) is 8.19. The Balaban J connectivity index is 2.65. The molecule has 0 aliphatic heterocycles. The maximum absolute atomic E-state index is 12.4.